The van der Waals surface area contributed by atoms with Crippen molar-refractivity contribution in [2.24, 2.45) is 0 Å². The Hall–Kier alpha value is -4.08. The Bertz CT molecular complexity index is 1310. The van der Waals surface area contributed by atoms with Crippen molar-refractivity contribution in [1.82, 2.24) is 18.7 Å². The summed E-state index contributed by atoms with van der Waals surface area (Å²) in [7, 11) is 0. The van der Waals surface area contributed by atoms with Crippen LogP contribution >= 0.6 is 0 Å². The molecule has 4 rings (SSSR count). The van der Waals surface area contributed by atoms with Crippen molar-refractivity contribution in [2.45, 2.75) is 20.5 Å². The van der Waals surface area contributed by atoms with Gasteiger partial charge in [0.2, 0.25) is 0 Å². The quantitative estimate of drug-likeness (QED) is 0.498. The van der Waals surface area contributed by atoms with E-state index in [0.29, 0.717) is 11.0 Å². The van der Waals surface area contributed by atoms with E-state index in [9.17, 15) is 19.2 Å². The number of hydrogen-bond acceptors (Lipinski definition) is 6. The first kappa shape index (κ1) is 20.2. The van der Waals surface area contributed by atoms with Crippen LogP contribution in [0.4, 0.5) is 9.59 Å². The van der Waals surface area contributed by atoms with Gasteiger partial charge in [-0.25, -0.2) is 19.0 Å². The van der Waals surface area contributed by atoms with Gasteiger partial charge in [0.25, 0.3) is 11.1 Å². The Morgan fingerprint density at radius 1 is 0.710 bits per heavy atom. The summed E-state index contributed by atoms with van der Waals surface area (Å²) in [5.41, 5.74) is -0.344. The fraction of sp³-hybridized carbons (Fsp3) is 0.238. The molecule has 0 fully saturated rings. The Kier molecular flexibility index (Phi) is 5.20. The molecular weight excluding hydrogens is 404 g/mol. The number of rotatable bonds is 4. The molecule has 2 aromatic carbocycles. The van der Waals surface area contributed by atoms with E-state index in [4.69, 9.17) is 9.47 Å². The number of carbonyl (C=O) groups excluding carboxylic acids is 2. The Labute approximate surface area is 175 Å². The van der Waals surface area contributed by atoms with Crippen LogP contribution in [0, 0.1) is 0 Å². The fourth-order valence-corrected chi connectivity index (χ4v) is 3.54. The molecule has 10 nitrogen and oxygen atoms in total. The molecule has 0 bridgehead atoms. The van der Waals surface area contributed by atoms with Crippen LogP contribution in [0.5, 0.6) is 0 Å². The summed E-state index contributed by atoms with van der Waals surface area (Å²) in [6.07, 6.45) is -1.54. The minimum Gasteiger partial charge on any atom is -0.448 e. The number of para-hydroxylation sites is 2. The Morgan fingerprint density at radius 3 is 1.48 bits per heavy atom. The average Bonchev–Trinajstić information content (AvgIpc) is 3.21. The number of carbonyl (C=O) groups is 2. The lowest BCUT2D eigenvalue weighted by molar-refractivity contribution is 0.141. The Morgan fingerprint density at radius 2 is 1.10 bits per heavy atom. The minimum atomic E-state index is -0.771. The van der Waals surface area contributed by atoms with Crippen molar-refractivity contribution < 1.29 is 19.1 Å². The number of fused-ring (bicyclic) bond motifs is 2. The lowest BCUT2D eigenvalue weighted by Gasteiger charge is -2.14. The minimum absolute atomic E-state index is 0.0998. The van der Waals surface area contributed by atoms with Crippen molar-refractivity contribution in [3.05, 3.63) is 69.2 Å². The van der Waals surface area contributed by atoms with Gasteiger partial charge in [-0.05, 0) is 38.1 Å². The van der Waals surface area contributed by atoms with E-state index in [1.165, 1.54) is 0 Å². The van der Waals surface area contributed by atoms with Gasteiger partial charge in [-0.2, -0.15) is 9.36 Å². The standard InChI is InChI=1S/C21H20N4O6/c1-3-30-20(28)24-16-11-7-5-9-14(16)18(26)22(24)13-23-19(27)15-10-6-8-12-17(15)25(23)21(29)31-4-2/h5-12H,3-4,13H2,1-2H3. The second-order valence-corrected chi connectivity index (χ2v) is 6.61. The van der Waals surface area contributed by atoms with Gasteiger partial charge in [0.05, 0.1) is 35.0 Å². The van der Waals surface area contributed by atoms with E-state index in [0.717, 1.165) is 18.7 Å². The molecule has 2 aromatic heterocycles. The second-order valence-electron chi connectivity index (χ2n) is 6.61. The largest absolute Gasteiger partial charge is 0.448 e. The second kappa shape index (κ2) is 7.98. The number of benzene rings is 2. The molecule has 10 heteroatoms. The third-order valence-corrected chi connectivity index (χ3v) is 4.83. The lowest BCUT2D eigenvalue weighted by Crippen LogP contribution is -2.37. The average molecular weight is 424 g/mol. The van der Waals surface area contributed by atoms with Gasteiger partial charge in [0.1, 0.15) is 6.67 Å². The van der Waals surface area contributed by atoms with Gasteiger partial charge in [-0.15, -0.1) is 0 Å². The van der Waals surface area contributed by atoms with Crippen molar-refractivity contribution in [2.75, 3.05) is 13.2 Å². The molecule has 0 saturated heterocycles. The summed E-state index contributed by atoms with van der Waals surface area (Å²) in [5, 5.41) is 0.560. The summed E-state index contributed by atoms with van der Waals surface area (Å²) in [6, 6.07) is 13.1. The third kappa shape index (κ3) is 3.21. The molecular formula is C21H20N4O6. The zero-order chi connectivity index (χ0) is 22.1. The fourth-order valence-electron chi connectivity index (χ4n) is 3.54. The van der Waals surface area contributed by atoms with Gasteiger partial charge in [-0.1, -0.05) is 24.3 Å². The van der Waals surface area contributed by atoms with Gasteiger partial charge in [0.15, 0.2) is 0 Å². The van der Waals surface area contributed by atoms with E-state index in [1.807, 2.05) is 0 Å². The molecule has 31 heavy (non-hydrogen) atoms. The maximum absolute atomic E-state index is 13.1. The monoisotopic (exact) mass is 424 g/mol. The van der Waals surface area contributed by atoms with E-state index in [2.05, 4.69) is 0 Å². The summed E-state index contributed by atoms with van der Waals surface area (Å²) >= 11 is 0. The number of nitrogens with zero attached hydrogens (tertiary/aromatic N) is 4. The molecule has 2 heterocycles. The van der Waals surface area contributed by atoms with Crippen LogP contribution in [0.2, 0.25) is 0 Å². The highest BCUT2D eigenvalue weighted by molar-refractivity contribution is 5.88. The first-order valence-electron chi connectivity index (χ1n) is 9.75. The molecule has 160 valence electrons. The summed E-state index contributed by atoms with van der Waals surface area (Å²) < 4.78 is 14.5. The van der Waals surface area contributed by atoms with Crippen LogP contribution in [0.15, 0.2) is 58.1 Å². The van der Waals surface area contributed by atoms with Crippen molar-refractivity contribution in [3.63, 3.8) is 0 Å². The van der Waals surface area contributed by atoms with Crippen LogP contribution < -0.4 is 11.1 Å². The van der Waals surface area contributed by atoms with Gasteiger partial charge in [0, 0.05) is 0 Å². The van der Waals surface area contributed by atoms with Crippen LogP contribution in [0.1, 0.15) is 13.8 Å². The smallest absolute Gasteiger partial charge is 0.433 e. The molecule has 0 spiro atoms. The number of aromatic nitrogens is 4. The zero-order valence-electron chi connectivity index (χ0n) is 17.0. The molecule has 0 amide bonds. The molecule has 0 aliphatic rings. The molecule has 0 aliphatic carbocycles. The molecule has 0 radical (unpaired) electrons. The van der Waals surface area contributed by atoms with E-state index in [-0.39, 0.29) is 24.0 Å². The normalized spacial score (nSPS) is 11.2. The highest BCUT2D eigenvalue weighted by atomic mass is 16.6. The van der Waals surface area contributed by atoms with Crippen LogP contribution in [-0.2, 0) is 16.1 Å². The summed E-state index contributed by atoms with van der Waals surface area (Å²) in [6.45, 7) is 3.09. The highest BCUT2D eigenvalue weighted by Crippen LogP contribution is 2.15. The molecule has 0 atom stereocenters. The number of hydrogen-bond donors (Lipinski definition) is 0. The van der Waals surface area contributed by atoms with Crippen molar-refractivity contribution >= 4 is 34.0 Å². The van der Waals surface area contributed by atoms with Gasteiger partial charge in [-0.3, -0.25) is 9.59 Å². The Balaban J connectivity index is 1.99. The van der Waals surface area contributed by atoms with Crippen molar-refractivity contribution in [3.8, 4) is 0 Å². The van der Waals surface area contributed by atoms with Gasteiger partial charge < -0.3 is 9.47 Å². The predicted molar refractivity (Wildman–Crippen MR) is 113 cm³/mol. The molecule has 0 aliphatic heterocycles. The van der Waals surface area contributed by atoms with E-state index in [1.54, 1.807) is 62.4 Å². The first-order chi connectivity index (χ1) is 15.0. The summed E-state index contributed by atoms with van der Waals surface area (Å²) in [4.78, 5) is 51.5. The van der Waals surface area contributed by atoms with Gasteiger partial charge >= 0.3 is 12.2 Å². The van der Waals surface area contributed by atoms with Crippen molar-refractivity contribution in [1.29, 1.82) is 0 Å². The zero-order valence-corrected chi connectivity index (χ0v) is 17.0. The maximum atomic E-state index is 13.1. The molecule has 0 N–H and O–H groups in total. The summed E-state index contributed by atoms with van der Waals surface area (Å²) in [5.74, 6) is 0. The third-order valence-electron chi connectivity index (χ3n) is 4.83. The van der Waals surface area contributed by atoms with E-state index >= 15 is 0 Å². The lowest BCUT2D eigenvalue weighted by atomic mass is 10.2. The SMILES string of the molecule is CCOC(=O)n1c2ccccc2c(=O)n1Cn1c(=O)c2ccccc2n1C(=O)OCC. The highest BCUT2D eigenvalue weighted by Gasteiger charge is 2.24. The van der Waals surface area contributed by atoms with Crippen LogP contribution in [-0.4, -0.2) is 44.1 Å². The maximum Gasteiger partial charge on any atom is 0.433 e. The van der Waals surface area contributed by atoms with E-state index < -0.39 is 30.0 Å². The predicted octanol–water partition coefficient (Wildman–Crippen LogP) is 2.43. The van der Waals surface area contributed by atoms with Crippen LogP contribution in [0.3, 0.4) is 0 Å². The topological polar surface area (TPSA) is 106 Å². The first-order valence-corrected chi connectivity index (χ1v) is 9.75. The molecule has 4 aromatic rings. The molecule has 0 saturated carbocycles. The number of ether oxygens (including phenoxy) is 2. The molecule has 0 unspecified atom stereocenters. The van der Waals surface area contributed by atoms with Crippen LogP contribution in [0.25, 0.3) is 21.8 Å².